The van der Waals surface area contributed by atoms with E-state index in [-0.39, 0.29) is 18.0 Å². The fourth-order valence-corrected chi connectivity index (χ4v) is 2.47. The molecule has 1 atom stereocenters. The molecule has 2 saturated heterocycles. The molecular formula is C17H24O6. The summed E-state index contributed by atoms with van der Waals surface area (Å²) in [5.41, 5.74) is -1.06. The smallest absolute Gasteiger partial charge is 0.330 e. The van der Waals surface area contributed by atoms with Crippen molar-refractivity contribution in [3.63, 3.8) is 0 Å². The molecule has 2 aliphatic heterocycles. The summed E-state index contributed by atoms with van der Waals surface area (Å²) in [5, 5.41) is 0. The first-order valence-electron chi connectivity index (χ1n) is 7.60. The molecule has 0 saturated carbocycles. The maximum Gasteiger partial charge on any atom is 0.330 e. The molecule has 2 aliphatic rings. The van der Waals surface area contributed by atoms with Gasteiger partial charge in [0, 0.05) is 12.5 Å². The van der Waals surface area contributed by atoms with E-state index in [0.29, 0.717) is 25.4 Å². The molecule has 0 radical (unpaired) electrons. The second-order valence-corrected chi connectivity index (χ2v) is 6.15. The van der Waals surface area contributed by atoms with E-state index in [1.54, 1.807) is 0 Å². The molecule has 2 heterocycles. The van der Waals surface area contributed by atoms with Crippen LogP contribution in [0, 0.1) is 5.41 Å². The van der Waals surface area contributed by atoms with Gasteiger partial charge in [0.2, 0.25) is 0 Å². The molecule has 128 valence electrons. The van der Waals surface area contributed by atoms with E-state index in [2.05, 4.69) is 19.7 Å². The van der Waals surface area contributed by atoms with Crippen LogP contribution in [-0.4, -0.2) is 37.7 Å². The lowest BCUT2D eigenvalue weighted by Crippen LogP contribution is -2.47. The Balaban J connectivity index is 1.89. The number of ether oxygens (including phenoxy) is 5. The Labute approximate surface area is 136 Å². The van der Waals surface area contributed by atoms with E-state index in [1.165, 1.54) is 0 Å². The van der Waals surface area contributed by atoms with Gasteiger partial charge in [-0.1, -0.05) is 20.1 Å². The minimum absolute atomic E-state index is 0.229. The quantitative estimate of drug-likeness (QED) is 0.553. The lowest BCUT2D eigenvalue weighted by Gasteiger charge is -2.40. The number of rotatable bonds is 6. The van der Waals surface area contributed by atoms with E-state index in [4.69, 9.17) is 23.7 Å². The molecule has 0 spiro atoms. The topological polar surface area (TPSA) is 63.2 Å². The summed E-state index contributed by atoms with van der Waals surface area (Å²) < 4.78 is 27.6. The zero-order chi connectivity index (χ0) is 17.1. The second-order valence-electron chi connectivity index (χ2n) is 6.15. The molecule has 0 aromatic carbocycles. The van der Waals surface area contributed by atoms with Gasteiger partial charge in [-0.05, 0) is 19.9 Å². The van der Waals surface area contributed by atoms with Crippen LogP contribution in [0.2, 0.25) is 0 Å². The maximum absolute atomic E-state index is 11.2. The van der Waals surface area contributed by atoms with Crippen molar-refractivity contribution in [2.45, 2.75) is 38.6 Å². The summed E-state index contributed by atoms with van der Waals surface area (Å²) in [6.45, 7) is 15.8. The zero-order valence-electron chi connectivity index (χ0n) is 13.8. The Morgan fingerprint density at radius 3 is 2.52 bits per heavy atom. The normalized spacial score (nSPS) is 33.7. The van der Waals surface area contributed by atoms with Gasteiger partial charge in [-0.15, -0.1) is 0 Å². The van der Waals surface area contributed by atoms with Crippen LogP contribution in [0.4, 0.5) is 0 Å². The van der Waals surface area contributed by atoms with Crippen molar-refractivity contribution >= 4 is 5.97 Å². The van der Waals surface area contributed by atoms with Crippen molar-refractivity contribution in [3.8, 4) is 0 Å². The van der Waals surface area contributed by atoms with Gasteiger partial charge < -0.3 is 23.7 Å². The van der Waals surface area contributed by atoms with Crippen LogP contribution in [-0.2, 0) is 28.5 Å². The second kappa shape index (κ2) is 6.76. The SMILES string of the molecule is C=CC(=O)OCC1(CC)COC(CC2(C)OC(=C)OC2=C)OC1. The Bertz CT molecular complexity index is 503. The van der Waals surface area contributed by atoms with E-state index < -0.39 is 17.9 Å². The van der Waals surface area contributed by atoms with Crippen LogP contribution in [0.15, 0.2) is 37.5 Å². The number of hydrogen-bond acceptors (Lipinski definition) is 6. The largest absolute Gasteiger partial charge is 0.462 e. The van der Waals surface area contributed by atoms with E-state index in [0.717, 1.165) is 12.5 Å². The first kappa shape index (κ1) is 17.6. The summed E-state index contributed by atoms with van der Waals surface area (Å²) in [5.74, 6) is 0.272. The van der Waals surface area contributed by atoms with E-state index >= 15 is 0 Å². The number of carbonyl (C=O) groups excluding carboxylic acids is 1. The van der Waals surface area contributed by atoms with Crippen LogP contribution in [0.5, 0.6) is 0 Å². The monoisotopic (exact) mass is 324 g/mol. The molecule has 0 aromatic heterocycles. The number of carbonyl (C=O) groups is 1. The zero-order valence-corrected chi connectivity index (χ0v) is 13.8. The standard InChI is InChI=1S/C17H24O6/c1-6-14(18)19-9-17(7-2)10-20-15(21-11-17)8-16(5)12(3)22-13(4)23-16/h6,15H,1,3-4,7-11H2,2,5H3. The van der Waals surface area contributed by atoms with Crippen molar-refractivity contribution < 1.29 is 28.5 Å². The van der Waals surface area contributed by atoms with Gasteiger partial charge in [-0.2, -0.15) is 0 Å². The molecule has 0 bridgehead atoms. The van der Waals surface area contributed by atoms with Crippen LogP contribution < -0.4 is 0 Å². The van der Waals surface area contributed by atoms with Crippen molar-refractivity contribution in [2.24, 2.45) is 5.41 Å². The van der Waals surface area contributed by atoms with Gasteiger partial charge in [-0.25, -0.2) is 4.79 Å². The highest BCUT2D eigenvalue weighted by atomic mass is 16.7. The Morgan fingerprint density at radius 2 is 2.04 bits per heavy atom. The minimum Gasteiger partial charge on any atom is -0.462 e. The van der Waals surface area contributed by atoms with Gasteiger partial charge in [0.1, 0.15) is 12.4 Å². The Hall–Kier alpha value is -1.79. The predicted octanol–water partition coefficient (Wildman–Crippen LogP) is 2.67. The van der Waals surface area contributed by atoms with Crippen molar-refractivity contribution in [3.05, 3.63) is 37.5 Å². The van der Waals surface area contributed by atoms with Crippen LogP contribution in [0.3, 0.4) is 0 Å². The lowest BCUT2D eigenvalue weighted by molar-refractivity contribution is -0.250. The van der Waals surface area contributed by atoms with Gasteiger partial charge in [0.15, 0.2) is 11.9 Å². The molecule has 0 N–H and O–H groups in total. The van der Waals surface area contributed by atoms with Crippen molar-refractivity contribution in [1.82, 2.24) is 0 Å². The molecule has 0 aliphatic carbocycles. The van der Waals surface area contributed by atoms with Crippen LogP contribution in [0.1, 0.15) is 26.7 Å². The summed E-state index contributed by atoms with van der Waals surface area (Å²) in [6.07, 6.45) is 1.91. The van der Waals surface area contributed by atoms with Gasteiger partial charge in [0.05, 0.1) is 18.6 Å². The first-order valence-corrected chi connectivity index (χ1v) is 7.60. The molecular weight excluding hydrogens is 300 g/mol. The lowest BCUT2D eigenvalue weighted by atomic mass is 9.87. The minimum atomic E-state index is -0.719. The fourth-order valence-electron chi connectivity index (χ4n) is 2.47. The average molecular weight is 324 g/mol. The summed E-state index contributed by atoms with van der Waals surface area (Å²) in [4.78, 5) is 11.2. The van der Waals surface area contributed by atoms with Gasteiger partial charge in [-0.3, -0.25) is 0 Å². The number of esters is 1. The predicted molar refractivity (Wildman–Crippen MR) is 83.0 cm³/mol. The maximum atomic E-state index is 11.2. The molecule has 2 rings (SSSR count). The van der Waals surface area contributed by atoms with Gasteiger partial charge in [0.25, 0.3) is 5.95 Å². The third-order valence-electron chi connectivity index (χ3n) is 4.31. The fraction of sp³-hybridized carbons (Fsp3) is 0.588. The molecule has 0 amide bonds. The van der Waals surface area contributed by atoms with E-state index in [1.807, 2.05) is 13.8 Å². The van der Waals surface area contributed by atoms with Crippen LogP contribution >= 0.6 is 0 Å². The summed E-state index contributed by atoms with van der Waals surface area (Å²) in [7, 11) is 0. The van der Waals surface area contributed by atoms with Crippen LogP contribution in [0.25, 0.3) is 0 Å². The van der Waals surface area contributed by atoms with Crippen molar-refractivity contribution in [1.29, 1.82) is 0 Å². The van der Waals surface area contributed by atoms with E-state index in [9.17, 15) is 4.79 Å². The molecule has 1 unspecified atom stereocenters. The average Bonchev–Trinajstić information content (AvgIpc) is 2.78. The molecule has 2 fully saturated rings. The van der Waals surface area contributed by atoms with Gasteiger partial charge >= 0.3 is 5.97 Å². The third kappa shape index (κ3) is 3.95. The highest BCUT2D eigenvalue weighted by molar-refractivity contribution is 5.81. The Kier molecular flexibility index (Phi) is 5.16. The highest BCUT2D eigenvalue weighted by Crippen LogP contribution is 2.39. The van der Waals surface area contributed by atoms with Crippen molar-refractivity contribution in [2.75, 3.05) is 19.8 Å². The summed E-state index contributed by atoms with van der Waals surface area (Å²) in [6, 6.07) is 0. The molecule has 6 heteroatoms. The molecule has 23 heavy (non-hydrogen) atoms. The third-order valence-corrected chi connectivity index (χ3v) is 4.31. The molecule has 6 nitrogen and oxygen atoms in total. The molecule has 0 aromatic rings. The first-order chi connectivity index (χ1) is 10.8. The summed E-state index contributed by atoms with van der Waals surface area (Å²) >= 11 is 0. The number of hydrogen-bond donors (Lipinski definition) is 0. The Morgan fingerprint density at radius 1 is 1.39 bits per heavy atom. The highest BCUT2D eigenvalue weighted by Gasteiger charge is 2.45.